The van der Waals surface area contributed by atoms with E-state index in [1.165, 1.54) is 12.1 Å². The van der Waals surface area contributed by atoms with Gasteiger partial charge in [-0.2, -0.15) is 4.98 Å². The van der Waals surface area contributed by atoms with Gasteiger partial charge >= 0.3 is 0 Å². The van der Waals surface area contributed by atoms with Crippen LogP contribution >= 0.6 is 0 Å². The number of nitrogens with one attached hydrogen (secondary N) is 1. The van der Waals surface area contributed by atoms with Crippen molar-refractivity contribution in [1.29, 1.82) is 0 Å². The van der Waals surface area contributed by atoms with Gasteiger partial charge in [-0.3, -0.25) is 0 Å². The number of aryl methyl sites for hydroxylation is 1. The summed E-state index contributed by atoms with van der Waals surface area (Å²) in [5.41, 5.74) is 1.39. The lowest BCUT2D eigenvalue weighted by molar-refractivity contribution is 0.191. The third kappa shape index (κ3) is 2.50. The predicted octanol–water partition coefficient (Wildman–Crippen LogP) is 1.58. The van der Waals surface area contributed by atoms with Crippen molar-refractivity contribution in [3.05, 3.63) is 35.5 Å². The Hall–Kier alpha value is -1.79. The molecule has 0 amide bonds. The summed E-state index contributed by atoms with van der Waals surface area (Å²) in [5, 5.41) is 16.4. The fourth-order valence-electron chi connectivity index (χ4n) is 2.26. The zero-order chi connectivity index (χ0) is 13.4. The number of benzene rings is 1. The fourth-order valence-corrected chi connectivity index (χ4v) is 2.26. The molecule has 1 aliphatic rings. The van der Waals surface area contributed by atoms with E-state index in [-0.39, 0.29) is 11.9 Å². The molecule has 0 bridgehead atoms. The van der Waals surface area contributed by atoms with Gasteiger partial charge in [-0.1, -0.05) is 5.16 Å². The standard InChI is InChI=1S/C13H14FN3O2/c1-7-2-8(4-9(14)3-7)12-16-13(19-17-12)11-5-10(18)6-15-11/h2-4,10-11,15,18H,5-6H2,1H3/t10-,11+/m1/s1. The molecular formula is C13H14FN3O2. The van der Waals surface area contributed by atoms with E-state index in [2.05, 4.69) is 15.5 Å². The molecule has 3 rings (SSSR count). The lowest BCUT2D eigenvalue weighted by Gasteiger charge is -2.01. The van der Waals surface area contributed by atoms with Crippen LogP contribution in [-0.4, -0.2) is 27.9 Å². The monoisotopic (exact) mass is 263 g/mol. The number of rotatable bonds is 2. The van der Waals surface area contributed by atoms with Crippen LogP contribution in [0, 0.1) is 12.7 Å². The van der Waals surface area contributed by atoms with Crippen molar-refractivity contribution in [3.8, 4) is 11.4 Å². The maximum absolute atomic E-state index is 13.3. The number of hydrogen-bond donors (Lipinski definition) is 2. The molecule has 1 saturated heterocycles. The average molecular weight is 263 g/mol. The number of β-amino-alcohol motifs (C(OH)–C–C–N with tert-alkyl or cyclic N) is 1. The molecule has 1 aliphatic heterocycles. The van der Waals surface area contributed by atoms with E-state index in [0.29, 0.717) is 30.2 Å². The van der Waals surface area contributed by atoms with Gasteiger partial charge in [0.25, 0.3) is 0 Å². The summed E-state index contributed by atoms with van der Waals surface area (Å²) in [4.78, 5) is 4.26. The molecule has 0 spiro atoms. The maximum Gasteiger partial charge on any atom is 0.244 e. The smallest absolute Gasteiger partial charge is 0.244 e. The van der Waals surface area contributed by atoms with Gasteiger partial charge in [0, 0.05) is 12.1 Å². The predicted molar refractivity (Wildman–Crippen MR) is 65.8 cm³/mol. The maximum atomic E-state index is 13.3. The molecular weight excluding hydrogens is 249 g/mol. The highest BCUT2D eigenvalue weighted by molar-refractivity contribution is 5.55. The number of hydrogen-bond acceptors (Lipinski definition) is 5. The van der Waals surface area contributed by atoms with Crippen molar-refractivity contribution in [3.63, 3.8) is 0 Å². The summed E-state index contributed by atoms with van der Waals surface area (Å²) in [5.74, 6) is 0.463. The molecule has 1 fully saturated rings. The van der Waals surface area contributed by atoms with E-state index in [4.69, 9.17) is 4.52 Å². The highest BCUT2D eigenvalue weighted by Crippen LogP contribution is 2.25. The molecule has 6 heteroatoms. The minimum atomic E-state index is -0.392. The minimum Gasteiger partial charge on any atom is -0.392 e. The Morgan fingerprint density at radius 3 is 2.95 bits per heavy atom. The van der Waals surface area contributed by atoms with Crippen LogP contribution in [0.4, 0.5) is 4.39 Å². The SMILES string of the molecule is Cc1cc(F)cc(-c2noc([C@@H]3C[C@@H](O)CN3)n2)c1. The largest absolute Gasteiger partial charge is 0.392 e. The molecule has 2 heterocycles. The van der Waals surface area contributed by atoms with E-state index in [9.17, 15) is 9.50 Å². The van der Waals surface area contributed by atoms with E-state index < -0.39 is 6.10 Å². The molecule has 19 heavy (non-hydrogen) atoms. The highest BCUT2D eigenvalue weighted by Gasteiger charge is 2.28. The van der Waals surface area contributed by atoms with Crippen molar-refractivity contribution in [1.82, 2.24) is 15.5 Å². The molecule has 100 valence electrons. The van der Waals surface area contributed by atoms with Crippen LogP contribution in [0.5, 0.6) is 0 Å². The van der Waals surface area contributed by atoms with E-state index >= 15 is 0 Å². The van der Waals surface area contributed by atoms with E-state index in [0.717, 1.165) is 5.56 Å². The molecule has 0 aliphatic carbocycles. The molecule has 0 radical (unpaired) electrons. The quantitative estimate of drug-likeness (QED) is 0.860. The van der Waals surface area contributed by atoms with E-state index in [1.54, 1.807) is 6.07 Å². The lowest BCUT2D eigenvalue weighted by Crippen LogP contribution is -2.15. The van der Waals surface area contributed by atoms with Crippen molar-refractivity contribution < 1.29 is 14.0 Å². The highest BCUT2D eigenvalue weighted by atomic mass is 19.1. The minimum absolute atomic E-state index is 0.133. The zero-order valence-electron chi connectivity index (χ0n) is 10.4. The Balaban J connectivity index is 1.88. The summed E-state index contributed by atoms with van der Waals surface area (Å²) in [6.45, 7) is 2.32. The second kappa shape index (κ2) is 4.71. The fraction of sp³-hybridized carbons (Fsp3) is 0.385. The van der Waals surface area contributed by atoms with Gasteiger partial charge in [-0.05, 0) is 37.1 Å². The normalized spacial score (nSPS) is 22.9. The first-order valence-corrected chi connectivity index (χ1v) is 6.14. The third-order valence-corrected chi connectivity index (χ3v) is 3.15. The first kappa shape index (κ1) is 12.3. The average Bonchev–Trinajstić information content (AvgIpc) is 2.95. The molecule has 2 atom stereocenters. The van der Waals surface area contributed by atoms with Crippen LogP contribution in [0.1, 0.15) is 23.9 Å². The summed E-state index contributed by atoms with van der Waals surface area (Å²) >= 11 is 0. The molecule has 0 unspecified atom stereocenters. The molecule has 5 nitrogen and oxygen atoms in total. The summed E-state index contributed by atoms with van der Waals surface area (Å²) in [6, 6.07) is 4.48. The van der Waals surface area contributed by atoms with Crippen LogP contribution in [0.3, 0.4) is 0 Å². The molecule has 1 aromatic heterocycles. The molecule has 2 aromatic rings. The van der Waals surface area contributed by atoms with Gasteiger partial charge in [0.05, 0.1) is 12.1 Å². The first-order valence-electron chi connectivity index (χ1n) is 6.14. The molecule has 2 N–H and O–H groups in total. The van der Waals surface area contributed by atoms with Crippen LogP contribution in [0.15, 0.2) is 22.7 Å². The van der Waals surface area contributed by atoms with Crippen LogP contribution in [0.25, 0.3) is 11.4 Å². The summed E-state index contributed by atoms with van der Waals surface area (Å²) in [7, 11) is 0. The Morgan fingerprint density at radius 1 is 1.42 bits per heavy atom. The Labute approximate surface area is 109 Å². The first-order chi connectivity index (χ1) is 9.11. The number of aromatic nitrogens is 2. The van der Waals surface area contributed by atoms with Gasteiger partial charge in [0.15, 0.2) is 0 Å². The van der Waals surface area contributed by atoms with E-state index in [1.807, 2.05) is 6.92 Å². The Bertz CT molecular complexity index is 579. The van der Waals surface area contributed by atoms with Gasteiger partial charge in [0.1, 0.15) is 5.82 Å². The summed E-state index contributed by atoms with van der Waals surface area (Å²) < 4.78 is 18.5. The number of nitrogens with zero attached hydrogens (tertiary/aromatic N) is 2. The number of aliphatic hydroxyl groups excluding tert-OH is 1. The van der Waals surface area contributed by atoms with Crippen LogP contribution in [-0.2, 0) is 0 Å². The number of halogens is 1. The van der Waals surface area contributed by atoms with Crippen LogP contribution in [0.2, 0.25) is 0 Å². The molecule has 1 aromatic carbocycles. The molecule has 0 saturated carbocycles. The van der Waals surface area contributed by atoms with Crippen molar-refractivity contribution in [2.45, 2.75) is 25.5 Å². The van der Waals surface area contributed by atoms with Crippen molar-refractivity contribution >= 4 is 0 Å². The second-order valence-electron chi connectivity index (χ2n) is 4.82. The van der Waals surface area contributed by atoms with Crippen LogP contribution < -0.4 is 5.32 Å². The Kier molecular flexibility index (Phi) is 3.04. The summed E-state index contributed by atoms with van der Waals surface area (Å²) in [6.07, 6.45) is 0.154. The zero-order valence-corrected chi connectivity index (χ0v) is 10.4. The third-order valence-electron chi connectivity index (χ3n) is 3.15. The van der Waals surface area contributed by atoms with Crippen molar-refractivity contribution in [2.24, 2.45) is 0 Å². The van der Waals surface area contributed by atoms with Gasteiger partial charge in [-0.25, -0.2) is 4.39 Å². The lowest BCUT2D eigenvalue weighted by atomic mass is 10.1. The van der Waals surface area contributed by atoms with Gasteiger partial charge < -0.3 is 14.9 Å². The topological polar surface area (TPSA) is 71.2 Å². The van der Waals surface area contributed by atoms with Gasteiger partial charge in [-0.15, -0.1) is 0 Å². The Morgan fingerprint density at radius 2 is 2.26 bits per heavy atom. The number of aliphatic hydroxyl groups is 1. The van der Waals surface area contributed by atoms with Crippen molar-refractivity contribution in [2.75, 3.05) is 6.54 Å². The second-order valence-corrected chi connectivity index (χ2v) is 4.82. The van der Waals surface area contributed by atoms with Gasteiger partial charge in [0.2, 0.25) is 11.7 Å².